The van der Waals surface area contributed by atoms with Crippen LogP contribution in [0.25, 0.3) is 17.1 Å². The zero-order valence-corrected chi connectivity index (χ0v) is 26.2. The zero-order valence-electron chi connectivity index (χ0n) is 24.6. The van der Waals surface area contributed by atoms with Crippen LogP contribution >= 0.6 is 24.0 Å². The summed E-state index contributed by atoms with van der Waals surface area (Å²) in [4.78, 5) is 22.5. The molecule has 1 aliphatic heterocycles. The Morgan fingerprint density at radius 2 is 1.77 bits per heavy atom. The number of nitrogens with zero attached hydrogens (tertiary/aromatic N) is 5. The molecule has 0 bridgehead atoms. The first-order valence-electron chi connectivity index (χ1n) is 13.8. The molecule has 4 aromatic rings. The maximum atomic E-state index is 12.9. The number of ether oxygens (including phenoxy) is 1. The second-order valence-corrected chi connectivity index (χ2v) is 11.6. The molecule has 1 fully saturated rings. The third-order valence-corrected chi connectivity index (χ3v) is 7.84. The minimum absolute atomic E-state index is 0.0147. The van der Waals surface area contributed by atoms with E-state index in [1.165, 1.54) is 34.1 Å². The van der Waals surface area contributed by atoms with Crippen molar-refractivity contribution in [2.45, 2.75) is 32.2 Å². The van der Waals surface area contributed by atoms with Crippen molar-refractivity contribution in [1.29, 1.82) is 0 Å². The lowest BCUT2D eigenvalue weighted by molar-refractivity contribution is -0.153. The third kappa shape index (κ3) is 8.47. The Labute approximate surface area is 274 Å². The van der Waals surface area contributed by atoms with Crippen LogP contribution in [0.15, 0.2) is 78.0 Å². The number of carbonyl (C=O) groups excluding carboxylic acids is 1. The van der Waals surface area contributed by atoms with E-state index in [0.29, 0.717) is 22.6 Å². The zero-order chi connectivity index (χ0) is 33.9. The molecule has 0 spiro atoms. The van der Waals surface area contributed by atoms with Crippen LogP contribution in [-0.4, -0.2) is 49.5 Å². The lowest BCUT2D eigenvalue weighted by atomic mass is 10.1. The first kappa shape index (κ1) is 33.9. The number of rotatable bonds is 8. The molecule has 9 nitrogen and oxygen atoms in total. The number of carbonyl (C=O) groups is 1. The van der Waals surface area contributed by atoms with Crippen LogP contribution in [0.2, 0.25) is 0 Å². The Kier molecular flexibility index (Phi) is 9.88. The second-order valence-electron chi connectivity index (χ2n) is 10.3. The van der Waals surface area contributed by atoms with E-state index in [0.717, 1.165) is 29.5 Å². The Balaban J connectivity index is 1.21. The van der Waals surface area contributed by atoms with Gasteiger partial charge in [0.15, 0.2) is 17.6 Å². The molecular weight excluding hydrogens is 668 g/mol. The quantitative estimate of drug-likeness (QED) is 0.119. The van der Waals surface area contributed by atoms with Crippen molar-refractivity contribution >= 4 is 45.9 Å². The number of alkyl halides is 6. The molecule has 246 valence electrons. The molecule has 1 aromatic heterocycles. The fraction of sp³-hybridized carbons (Fsp3) is 0.233. The van der Waals surface area contributed by atoms with Gasteiger partial charge < -0.3 is 4.74 Å². The van der Waals surface area contributed by atoms with Gasteiger partial charge in [-0.25, -0.2) is 15.1 Å². The van der Waals surface area contributed by atoms with E-state index in [1.54, 1.807) is 31.2 Å². The van der Waals surface area contributed by atoms with Crippen LogP contribution in [0.1, 0.15) is 29.7 Å². The van der Waals surface area contributed by atoms with Gasteiger partial charge in [-0.3, -0.25) is 15.1 Å². The van der Waals surface area contributed by atoms with Gasteiger partial charge in [-0.1, -0.05) is 42.1 Å². The van der Waals surface area contributed by atoms with E-state index in [1.807, 2.05) is 19.1 Å². The van der Waals surface area contributed by atoms with Crippen molar-refractivity contribution in [2.75, 3.05) is 17.3 Å². The number of hydrogen-bond donors (Lipinski definition) is 2. The molecule has 5 rings (SSSR count). The number of nitrogens with one attached hydrogen (secondary N) is 2. The van der Waals surface area contributed by atoms with Crippen LogP contribution in [0.5, 0.6) is 5.75 Å². The summed E-state index contributed by atoms with van der Waals surface area (Å²) < 4.78 is 83.4. The largest absolute Gasteiger partial charge is 0.482 e. The molecule has 3 aromatic carbocycles. The molecule has 1 atom stereocenters. The molecule has 0 radical (unpaired) electrons. The Morgan fingerprint density at radius 3 is 2.43 bits per heavy atom. The molecule has 47 heavy (non-hydrogen) atoms. The molecule has 0 saturated carbocycles. The number of hydrogen-bond acceptors (Lipinski definition) is 7. The Hall–Kier alpha value is -4.48. The fourth-order valence-corrected chi connectivity index (χ4v) is 5.45. The van der Waals surface area contributed by atoms with Crippen molar-refractivity contribution < 1.29 is 35.9 Å². The van der Waals surface area contributed by atoms with Crippen LogP contribution in [-0.2, 0) is 11.0 Å². The molecular formula is C30H25F6N7O2S2. The Bertz CT molecular complexity index is 1790. The number of amides is 1. The predicted octanol–water partition coefficient (Wildman–Crippen LogP) is 6.78. The van der Waals surface area contributed by atoms with Crippen molar-refractivity contribution in [3.63, 3.8) is 0 Å². The minimum atomic E-state index is -4.56. The number of benzene rings is 3. The van der Waals surface area contributed by atoms with Gasteiger partial charge in [0.1, 0.15) is 12.1 Å². The third-order valence-electron chi connectivity index (χ3n) is 6.72. The van der Waals surface area contributed by atoms with E-state index in [-0.39, 0.29) is 39.4 Å². The molecule has 1 saturated heterocycles. The topological polar surface area (TPSA) is 96.7 Å². The summed E-state index contributed by atoms with van der Waals surface area (Å²) in [6, 6.07) is 16.0. The number of thioether (sulfide) groups is 1. The van der Waals surface area contributed by atoms with E-state index in [2.05, 4.69) is 25.9 Å². The molecule has 2 N–H and O–H groups in total. The van der Waals surface area contributed by atoms with Crippen molar-refractivity contribution in [1.82, 2.24) is 25.6 Å². The molecule has 0 aliphatic carbocycles. The highest BCUT2D eigenvalue weighted by molar-refractivity contribution is 8.15. The van der Waals surface area contributed by atoms with Gasteiger partial charge >= 0.3 is 12.4 Å². The average molecular weight is 694 g/mol. The molecule has 1 unspecified atom stereocenters. The summed E-state index contributed by atoms with van der Waals surface area (Å²) in [5.74, 6) is -0.117. The molecule has 2 heterocycles. The first-order valence-corrected chi connectivity index (χ1v) is 15.2. The highest BCUT2D eigenvalue weighted by Gasteiger charge is 2.34. The predicted molar refractivity (Wildman–Crippen MR) is 169 cm³/mol. The van der Waals surface area contributed by atoms with Crippen LogP contribution < -0.4 is 20.5 Å². The van der Waals surface area contributed by atoms with E-state index in [4.69, 9.17) is 17.0 Å². The lowest BCUT2D eigenvalue weighted by Crippen LogP contribution is -2.38. The first-order chi connectivity index (χ1) is 22.2. The van der Waals surface area contributed by atoms with Gasteiger partial charge in [-0.05, 0) is 73.6 Å². The van der Waals surface area contributed by atoms with Crippen LogP contribution in [0.3, 0.4) is 0 Å². The monoisotopic (exact) mass is 693 g/mol. The van der Waals surface area contributed by atoms with Gasteiger partial charge in [0.05, 0.1) is 22.7 Å². The van der Waals surface area contributed by atoms with E-state index >= 15 is 0 Å². The van der Waals surface area contributed by atoms with Crippen LogP contribution in [0.4, 0.5) is 32.0 Å². The number of anilines is 1. The smallest absolute Gasteiger partial charge is 0.422 e. The number of aryl methyl sites for hydroxylation is 1. The highest BCUT2D eigenvalue weighted by Crippen LogP contribution is 2.36. The number of thiocarbonyl (C=S) groups is 1. The van der Waals surface area contributed by atoms with E-state index < -0.39 is 24.5 Å². The maximum absolute atomic E-state index is 12.9. The second kappa shape index (κ2) is 13.7. The fourth-order valence-electron chi connectivity index (χ4n) is 4.38. The number of amidine groups is 1. The van der Waals surface area contributed by atoms with E-state index in [9.17, 15) is 31.1 Å². The SMILES string of the molecule is Cc1ccc(OCC(F)(F)F)c(N2C(=O)CS/C2=N\C(=S)NNC(C)c2ccc(-c3ncn(-c4ccc(C(F)(F)F)cc4)n3)cc2)c1. The standard InChI is InChI=1S/C30H25F6N7O2S2/c1-17-3-12-24(45-15-29(31,32)33)23(13-17)43-25(44)14-47-28(43)38-27(46)40-39-18(2)19-4-6-20(7-5-19)26-37-16-42(41-26)22-10-8-21(9-11-22)30(34,35)36/h3-13,16,18,39H,14-15H2,1-2H3,(H,40,46)/b38-28-. The molecule has 1 aliphatic rings. The summed E-state index contributed by atoms with van der Waals surface area (Å²) >= 11 is 6.43. The summed E-state index contributed by atoms with van der Waals surface area (Å²) in [6.07, 6.45) is -7.58. The van der Waals surface area contributed by atoms with Crippen molar-refractivity contribution in [2.24, 2.45) is 4.99 Å². The lowest BCUT2D eigenvalue weighted by Gasteiger charge is -2.21. The number of aromatic nitrogens is 3. The van der Waals surface area contributed by atoms with Crippen molar-refractivity contribution in [3.05, 3.63) is 89.7 Å². The van der Waals surface area contributed by atoms with Crippen LogP contribution in [0, 0.1) is 6.92 Å². The number of aliphatic imine (C=N–C) groups is 1. The highest BCUT2D eigenvalue weighted by atomic mass is 32.2. The van der Waals surface area contributed by atoms with Gasteiger partial charge in [-0.2, -0.15) is 31.3 Å². The van der Waals surface area contributed by atoms with Gasteiger partial charge in [0, 0.05) is 11.6 Å². The maximum Gasteiger partial charge on any atom is 0.422 e. The summed E-state index contributed by atoms with van der Waals surface area (Å²) in [7, 11) is 0. The normalized spacial score (nSPS) is 15.3. The number of halogens is 6. The summed E-state index contributed by atoms with van der Waals surface area (Å²) in [5, 5.41) is 4.53. The van der Waals surface area contributed by atoms with Gasteiger partial charge in [0.25, 0.3) is 0 Å². The van der Waals surface area contributed by atoms with Gasteiger partial charge in [-0.15, -0.1) is 5.10 Å². The average Bonchev–Trinajstić information content (AvgIpc) is 3.65. The molecule has 1 amide bonds. The summed E-state index contributed by atoms with van der Waals surface area (Å²) in [6.45, 7) is 2.07. The molecule has 17 heteroatoms. The minimum Gasteiger partial charge on any atom is -0.482 e. The summed E-state index contributed by atoms with van der Waals surface area (Å²) in [5.41, 5.74) is 7.86. The van der Waals surface area contributed by atoms with Gasteiger partial charge in [0.2, 0.25) is 11.0 Å². The number of hydrazine groups is 1. The van der Waals surface area contributed by atoms with Crippen molar-refractivity contribution in [3.8, 4) is 22.8 Å². The Morgan fingerprint density at radius 1 is 1.06 bits per heavy atom.